The Morgan fingerprint density at radius 1 is 1.35 bits per heavy atom. The number of hydrogen-bond donors (Lipinski definition) is 2. The zero-order valence-electron chi connectivity index (χ0n) is 12.2. The second-order valence-electron chi connectivity index (χ2n) is 4.33. The number of hydrogen-bond acceptors (Lipinski definition) is 5. The molecule has 0 aliphatic carbocycles. The van der Waals surface area contributed by atoms with Crippen LogP contribution in [0.1, 0.15) is 0 Å². The van der Waals surface area contributed by atoms with Gasteiger partial charge < -0.3 is 15.4 Å². The van der Waals surface area contributed by atoms with Gasteiger partial charge in [-0.1, -0.05) is 23.7 Å². The lowest BCUT2D eigenvalue weighted by atomic mass is 10.2. The summed E-state index contributed by atoms with van der Waals surface area (Å²) in [6.45, 7) is 0. The van der Waals surface area contributed by atoms with Crippen molar-refractivity contribution in [1.29, 1.82) is 5.26 Å². The van der Waals surface area contributed by atoms with Gasteiger partial charge in [-0.05, 0) is 24.3 Å². The minimum atomic E-state index is -0.557. The summed E-state index contributed by atoms with van der Waals surface area (Å²) < 4.78 is 5.14. The molecule has 0 bridgehead atoms. The first-order valence-electron chi connectivity index (χ1n) is 6.56. The second kappa shape index (κ2) is 7.82. The quantitative estimate of drug-likeness (QED) is 0.650. The SMILES string of the molecule is COc1ccccc1NC(=O)/C(C#N)=C\Nc1ccc(Cl)cn1. The zero-order valence-corrected chi connectivity index (χ0v) is 13.0. The van der Waals surface area contributed by atoms with Crippen molar-refractivity contribution in [2.75, 3.05) is 17.7 Å². The molecule has 1 aromatic heterocycles. The van der Waals surface area contributed by atoms with Gasteiger partial charge in [-0.15, -0.1) is 0 Å². The molecular weight excluding hydrogens is 316 g/mol. The van der Waals surface area contributed by atoms with Gasteiger partial charge in [0.15, 0.2) is 0 Å². The Morgan fingerprint density at radius 2 is 2.13 bits per heavy atom. The molecule has 2 aromatic rings. The number of para-hydroxylation sites is 2. The number of methoxy groups -OCH3 is 1. The van der Waals surface area contributed by atoms with E-state index in [1.54, 1.807) is 36.4 Å². The highest BCUT2D eigenvalue weighted by Crippen LogP contribution is 2.23. The normalized spacial score (nSPS) is 10.6. The summed E-state index contributed by atoms with van der Waals surface area (Å²) >= 11 is 5.74. The lowest BCUT2D eigenvalue weighted by Gasteiger charge is -2.09. The molecule has 0 saturated carbocycles. The maximum atomic E-state index is 12.1. The molecule has 1 heterocycles. The summed E-state index contributed by atoms with van der Waals surface area (Å²) in [7, 11) is 1.50. The number of nitrogens with zero attached hydrogens (tertiary/aromatic N) is 2. The van der Waals surface area contributed by atoms with Crippen molar-refractivity contribution in [3.05, 3.63) is 59.4 Å². The number of halogens is 1. The number of pyridine rings is 1. The molecule has 0 atom stereocenters. The molecule has 23 heavy (non-hydrogen) atoms. The van der Waals surface area contributed by atoms with E-state index in [2.05, 4.69) is 15.6 Å². The third-order valence-electron chi connectivity index (χ3n) is 2.81. The Labute approximate surface area is 138 Å². The van der Waals surface area contributed by atoms with E-state index in [0.717, 1.165) is 0 Å². The molecule has 1 aromatic carbocycles. The van der Waals surface area contributed by atoms with E-state index in [9.17, 15) is 4.79 Å². The summed E-state index contributed by atoms with van der Waals surface area (Å²) in [4.78, 5) is 16.2. The molecule has 6 nitrogen and oxygen atoms in total. The van der Waals surface area contributed by atoms with Gasteiger partial charge in [0.05, 0.1) is 17.8 Å². The van der Waals surface area contributed by atoms with E-state index in [0.29, 0.717) is 22.3 Å². The van der Waals surface area contributed by atoms with Crippen LogP contribution in [-0.2, 0) is 4.79 Å². The Balaban J connectivity index is 2.10. The van der Waals surface area contributed by atoms with Crippen LogP contribution >= 0.6 is 11.6 Å². The fourth-order valence-electron chi connectivity index (χ4n) is 1.69. The van der Waals surface area contributed by atoms with Crippen LogP contribution in [0.15, 0.2) is 54.4 Å². The third-order valence-corrected chi connectivity index (χ3v) is 3.04. The van der Waals surface area contributed by atoms with E-state index in [1.807, 2.05) is 6.07 Å². The van der Waals surface area contributed by atoms with E-state index in [1.165, 1.54) is 19.5 Å². The van der Waals surface area contributed by atoms with Crippen LogP contribution in [-0.4, -0.2) is 18.0 Å². The Bertz CT molecular complexity index is 766. The monoisotopic (exact) mass is 328 g/mol. The summed E-state index contributed by atoms with van der Waals surface area (Å²) in [6.07, 6.45) is 2.74. The lowest BCUT2D eigenvalue weighted by molar-refractivity contribution is -0.112. The van der Waals surface area contributed by atoms with Gasteiger partial charge in [0.25, 0.3) is 5.91 Å². The van der Waals surface area contributed by atoms with Gasteiger partial charge in [-0.25, -0.2) is 4.98 Å². The van der Waals surface area contributed by atoms with Crippen LogP contribution in [0.25, 0.3) is 0 Å². The van der Waals surface area contributed by atoms with E-state index < -0.39 is 5.91 Å². The maximum absolute atomic E-state index is 12.1. The summed E-state index contributed by atoms with van der Waals surface area (Å²) in [5.41, 5.74) is 0.374. The molecule has 7 heteroatoms. The molecule has 0 aliphatic heterocycles. The number of rotatable bonds is 5. The van der Waals surface area contributed by atoms with Crippen LogP contribution in [0.4, 0.5) is 11.5 Å². The number of carbonyl (C=O) groups is 1. The van der Waals surface area contributed by atoms with Gasteiger partial charge in [0, 0.05) is 12.4 Å². The Morgan fingerprint density at radius 3 is 2.78 bits per heavy atom. The fraction of sp³-hybridized carbons (Fsp3) is 0.0625. The van der Waals surface area contributed by atoms with E-state index >= 15 is 0 Å². The number of anilines is 2. The summed E-state index contributed by atoms with van der Waals surface area (Å²) in [5, 5.41) is 15.0. The fourth-order valence-corrected chi connectivity index (χ4v) is 1.81. The minimum Gasteiger partial charge on any atom is -0.495 e. The number of carbonyl (C=O) groups excluding carboxylic acids is 1. The molecule has 0 radical (unpaired) electrons. The third kappa shape index (κ3) is 4.46. The van der Waals surface area contributed by atoms with Crippen molar-refractivity contribution >= 4 is 29.0 Å². The number of nitriles is 1. The van der Waals surface area contributed by atoms with Crippen LogP contribution in [0.5, 0.6) is 5.75 Å². The molecule has 0 saturated heterocycles. The molecule has 2 N–H and O–H groups in total. The highest BCUT2D eigenvalue weighted by Gasteiger charge is 2.11. The summed E-state index contributed by atoms with van der Waals surface area (Å²) in [6, 6.07) is 12.0. The largest absolute Gasteiger partial charge is 0.495 e. The first kappa shape index (κ1) is 16.3. The molecular formula is C16H13ClN4O2. The minimum absolute atomic E-state index is 0.104. The maximum Gasteiger partial charge on any atom is 0.267 e. The molecule has 0 spiro atoms. The Hall–Kier alpha value is -3.04. The topological polar surface area (TPSA) is 87.0 Å². The van der Waals surface area contributed by atoms with Crippen molar-refractivity contribution in [2.24, 2.45) is 0 Å². The highest BCUT2D eigenvalue weighted by atomic mass is 35.5. The molecule has 116 valence electrons. The molecule has 0 fully saturated rings. The van der Waals surface area contributed by atoms with Crippen LogP contribution in [0.3, 0.4) is 0 Å². The van der Waals surface area contributed by atoms with Gasteiger partial charge >= 0.3 is 0 Å². The number of nitrogens with one attached hydrogen (secondary N) is 2. The highest BCUT2D eigenvalue weighted by molar-refractivity contribution is 6.30. The standard InChI is InChI=1S/C16H13ClN4O2/c1-23-14-5-3-2-4-13(14)21-16(22)11(8-18)9-19-15-7-6-12(17)10-20-15/h2-7,9-10H,1H3,(H,19,20)(H,21,22)/b11-9-. The van der Waals surface area contributed by atoms with Crippen LogP contribution < -0.4 is 15.4 Å². The number of benzene rings is 1. The summed E-state index contributed by atoms with van der Waals surface area (Å²) in [5.74, 6) is 0.413. The average molecular weight is 329 g/mol. The van der Waals surface area contributed by atoms with Crippen molar-refractivity contribution in [2.45, 2.75) is 0 Å². The van der Waals surface area contributed by atoms with Crippen molar-refractivity contribution in [3.63, 3.8) is 0 Å². The molecule has 0 aliphatic rings. The lowest BCUT2D eigenvalue weighted by Crippen LogP contribution is -2.15. The van der Waals surface area contributed by atoms with Gasteiger partial charge in [-0.2, -0.15) is 5.26 Å². The number of ether oxygens (including phenoxy) is 1. The van der Waals surface area contributed by atoms with Crippen LogP contribution in [0, 0.1) is 11.3 Å². The van der Waals surface area contributed by atoms with Gasteiger partial charge in [-0.3, -0.25) is 4.79 Å². The van der Waals surface area contributed by atoms with E-state index in [-0.39, 0.29) is 5.57 Å². The molecule has 0 unspecified atom stereocenters. The molecule has 2 rings (SSSR count). The predicted octanol–water partition coefficient (Wildman–Crippen LogP) is 3.20. The van der Waals surface area contributed by atoms with Gasteiger partial charge in [0.1, 0.15) is 23.2 Å². The predicted molar refractivity (Wildman–Crippen MR) is 88.2 cm³/mol. The van der Waals surface area contributed by atoms with Crippen molar-refractivity contribution in [3.8, 4) is 11.8 Å². The average Bonchev–Trinajstić information content (AvgIpc) is 2.57. The smallest absolute Gasteiger partial charge is 0.267 e. The second-order valence-corrected chi connectivity index (χ2v) is 4.77. The Kier molecular flexibility index (Phi) is 5.56. The first-order chi connectivity index (χ1) is 11.1. The number of amides is 1. The van der Waals surface area contributed by atoms with Crippen LogP contribution in [0.2, 0.25) is 5.02 Å². The van der Waals surface area contributed by atoms with Crippen molar-refractivity contribution < 1.29 is 9.53 Å². The van der Waals surface area contributed by atoms with Gasteiger partial charge in [0.2, 0.25) is 0 Å². The first-order valence-corrected chi connectivity index (χ1v) is 6.94. The molecule has 1 amide bonds. The van der Waals surface area contributed by atoms with E-state index in [4.69, 9.17) is 21.6 Å². The zero-order chi connectivity index (χ0) is 16.7. The number of aromatic nitrogens is 1. The van der Waals surface area contributed by atoms with Crippen molar-refractivity contribution in [1.82, 2.24) is 4.98 Å².